The summed E-state index contributed by atoms with van der Waals surface area (Å²) < 4.78 is 27.9. The lowest BCUT2D eigenvalue weighted by Gasteiger charge is -2.24. The highest BCUT2D eigenvalue weighted by molar-refractivity contribution is 7.91. The van der Waals surface area contributed by atoms with Crippen molar-refractivity contribution >= 4 is 21.4 Å². The van der Waals surface area contributed by atoms with E-state index in [9.17, 15) is 8.42 Å². The van der Waals surface area contributed by atoms with E-state index in [0.717, 1.165) is 12.1 Å². The molecule has 0 bridgehead atoms. The zero-order valence-electron chi connectivity index (χ0n) is 13.6. The zero-order valence-corrected chi connectivity index (χ0v) is 15.3. The van der Waals surface area contributed by atoms with E-state index in [4.69, 9.17) is 0 Å². The smallest absolute Gasteiger partial charge is 0.250 e. The van der Waals surface area contributed by atoms with Crippen LogP contribution in [0.1, 0.15) is 40.2 Å². The second-order valence-electron chi connectivity index (χ2n) is 6.06. The van der Waals surface area contributed by atoms with Crippen LogP contribution in [0.25, 0.3) is 0 Å². The SMILES string of the molecule is CCNCc1csc(S(=O)(=O)NCC(C(C)C)C(C)C)c1. The average molecular weight is 333 g/mol. The predicted octanol–water partition coefficient (Wildman–Crippen LogP) is 3.06. The summed E-state index contributed by atoms with van der Waals surface area (Å²) in [7, 11) is -3.39. The molecule has 2 N–H and O–H groups in total. The first-order valence-electron chi connectivity index (χ1n) is 7.55. The molecule has 0 aliphatic heterocycles. The van der Waals surface area contributed by atoms with Crippen LogP contribution in [0.3, 0.4) is 0 Å². The third kappa shape index (κ3) is 5.70. The monoisotopic (exact) mass is 332 g/mol. The molecule has 1 aromatic rings. The zero-order chi connectivity index (χ0) is 16.0. The largest absolute Gasteiger partial charge is 0.313 e. The van der Waals surface area contributed by atoms with Gasteiger partial charge >= 0.3 is 0 Å². The van der Waals surface area contributed by atoms with Gasteiger partial charge in [-0.25, -0.2) is 13.1 Å². The van der Waals surface area contributed by atoms with Crippen LogP contribution in [-0.2, 0) is 16.6 Å². The summed E-state index contributed by atoms with van der Waals surface area (Å²) in [6.07, 6.45) is 0. The first-order valence-corrected chi connectivity index (χ1v) is 9.92. The Morgan fingerprint density at radius 1 is 1.19 bits per heavy atom. The molecule has 1 heterocycles. The lowest BCUT2D eigenvalue weighted by Crippen LogP contribution is -2.33. The van der Waals surface area contributed by atoms with E-state index in [1.807, 2.05) is 12.3 Å². The third-order valence-corrected chi connectivity index (χ3v) is 6.61. The molecule has 0 radical (unpaired) electrons. The Kier molecular flexibility index (Phi) is 7.33. The van der Waals surface area contributed by atoms with Crippen molar-refractivity contribution in [2.45, 2.75) is 45.4 Å². The maximum absolute atomic E-state index is 12.3. The molecule has 1 rings (SSSR count). The van der Waals surface area contributed by atoms with Crippen LogP contribution >= 0.6 is 11.3 Å². The van der Waals surface area contributed by atoms with Crippen LogP contribution < -0.4 is 10.0 Å². The summed E-state index contributed by atoms with van der Waals surface area (Å²) in [6, 6.07) is 1.76. The Balaban J connectivity index is 2.70. The normalized spacial score (nSPS) is 12.8. The summed E-state index contributed by atoms with van der Waals surface area (Å²) in [5.41, 5.74) is 1.02. The molecule has 0 aromatic carbocycles. The highest BCUT2D eigenvalue weighted by atomic mass is 32.2. The van der Waals surface area contributed by atoms with Gasteiger partial charge in [0.2, 0.25) is 10.0 Å². The Labute approximate surface area is 133 Å². The summed E-state index contributed by atoms with van der Waals surface area (Å²) in [4.78, 5) is 0. The Morgan fingerprint density at radius 3 is 2.33 bits per heavy atom. The quantitative estimate of drug-likeness (QED) is 0.731. The van der Waals surface area contributed by atoms with Gasteiger partial charge in [0.15, 0.2) is 0 Å². The number of rotatable bonds is 9. The van der Waals surface area contributed by atoms with Gasteiger partial charge in [0.1, 0.15) is 4.21 Å². The van der Waals surface area contributed by atoms with Crippen LogP contribution in [0, 0.1) is 17.8 Å². The van der Waals surface area contributed by atoms with E-state index < -0.39 is 10.0 Å². The standard InChI is InChI=1S/C15H28N2O2S2/c1-6-16-8-13-7-15(20-10-13)21(18,19)17-9-14(11(2)3)12(4)5/h7,10-12,14,16-17H,6,8-9H2,1-5H3. The van der Waals surface area contributed by atoms with Crippen LogP contribution in [0.2, 0.25) is 0 Å². The molecular formula is C15H28N2O2S2. The number of sulfonamides is 1. The molecule has 0 fully saturated rings. The fourth-order valence-corrected chi connectivity index (χ4v) is 4.70. The molecule has 0 saturated heterocycles. The fraction of sp³-hybridized carbons (Fsp3) is 0.733. The van der Waals surface area contributed by atoms with Crippen molar-refractivity contribution in [3.05, 3.63) is 17.0 Å². The van der Waals surface area contributed by atoms with Gasteiger partial charge in [-0.05, 0) is 41.3 Å². The van der Waals surface area contributed by atoms with E-state index in [1.54, 1.807) is 6.07 Å². The highest BCUT2D eigenvalue weighted by Gasteiger charge is 2.22. The average Bonchev–Trinajstić information content (AvgIpc) is 2.85. The summed E-state index contributed by atoms with van der Waals surface area (Å²) in [5, 5.41) is 5.10. The van der Waals surface area contributed by atoms with Crippen LogP contribution in [0.15, 0.2) is 15.7 Å². The lowest BCUT2D eigenvalue weighted by molar-refractivity contribution is 0.289. The van der Waals surface area contributed by atoms with Gasteiger partial charge in [-0.1, -0.05) is 34.6 Å². The molecule has 0 unspecified atom stereocenters. The molecule has 6 heteroatoms. The van der Waals surface area contributed by atoms with Gasteiger partial charge in [-0.3, -0.25) is 0 Å². The molecule has 0 aliphatic carbocycles. The Hall–Kier alpha value is -0.430. The van der Waals surface area contributed by atoms with Gasteiger partial charge in [-0.15, -0.1) is 11.3 Å². The minimum Gasteiger partial charge on any atom is -0.313 e. The molecule has 4 nitrogen and oxygen atoms in total. The molecule has 0 saturated carbocycles. The van der Waals surface area contributed by atoms with Gasteiger partial charge in [0.25, 0.3) is 0 Å². The number of nitrogens with one attached hydrogen (secondary N) is 2. The van der Waals surface area contributed by atoms with Crippen molar-refractivity contribution < 1.29 is 8.42 Å². The van der Waals surface area contributed by atoms with E-state index in [0.29, 0.717) is 35.1 Å². The van der Waals surface area contributed by atoms with E-state index in [1.165, 1.54) is 11.3 Å². The van der Waals surface area contributed by atoms with Crippen molar-refractivity contribution in [2.24, 2.45) is 17.8 Å². The third-order valence-electron chi connectivity index (χ3n) is 3.70. The second-order valence-corrected chi connectivity index (χ2v) is 8.96. The predicted molar refractivity (Wildman–Crippen MR) is 90.1 cm³/mol. The summed E-state index contributed by atoms with van der Waals surface area (Å²) in [5.74, 6) is 1.27. The fourth-order valence-electron chi connectivity index (χ4n) is 2.37. The minimum absolute atomic E-state index is 0.348. The highest BCUT2D eigenvalue weighted by Crippen LogP contribution is 2.23. The number of hydrogen-bond donors (Lipinski definition) is 2. The van der Waals surface area contributed by atoms with E-state index >= 15 is 0 Å². The molecule has 122 valence electrons. The molecular weight excluding hydrogens is 304 g/mol. The van der Waals surface area contributed by atoms with E-state index in [2.05, 4.69) is 37.7 Å². The second kappa shape index (κ2) is 8.27. The topological polar surface area (TPSA) is 58.2 Å². The molecule has 0 aliphatic rings. The van der Waals surface area contributed by atoms with Gasteiger partial charge < -0.3 is 5.32 Å². The first-order chi connectivity index (χ1) is 9.77. The van der Waals surface area contributed by atoms with Crippen LogP contribution in [-0.4, -0.2) is 21.5 Å². The van der Waals surface area contributed by atoms with Crippen molar-refractivity contribution in [1.29, 1.82) is 0 Å². The number of thiophene rings is 1. The van der Waals surface area contributed by atoms with Crippen molar-refractivity contribution in [2.75, 3.05) is 13.1 Å². The van der Waals surface area contributed by atoms with Crippen molar-refractivity contribution in [3.8, 4) is 0 Å². The van der Waals surface area contributed by atoms with Gasteiger partial charge in [0.05, 0.1) is 0 Å². The molecule has 1 aromatic heterocycles. The molecule has 0 atom stereocenters. The number of hydrogen-bond acceptors (Lipinski definition) is 4. The molecule has 0 spiro atoms. The van der Waals surface area contributed by atoms with Gasteiger partial charge in [-0.2, -0.15) is 0 Å². The van der Waals surface area contributed by atoms with Gasteiger partial charge in [0, 0.05) is 13.1 Å². The van der Waals surface area contributed by atoms with Crippen molar-refractivity contribution in [3.63, 3.8) is 0 Å². The summed E-state index contributed by atoms with van der Waals surface area (Å²) in [6.45, 7) is 12.7. The summed E-state index contributed by atoms with van der Waals surface area (Å²) >= 11 is 1.28. The maximum Gasteiger partial charge on any atom is 0.250 e. The molecule has 21 heavy (non-hydrogen) atoms. The van der Waals surface area contributed by atoms with Crippen LogP contribution in [0.4, 0.5) is 0 Å². The Bertz CT molecular complexity index is 514. The van der Waals surface area contributed by atoms with E-state index in [-0.39, 0.29) is 0 Å². The lowest BCUT2D eigenvalue weighted by atomic mass is 9.86. The Morgan fingerprint density at radius 2 is 1.81 bits per heavy atom. The molecule has 0 amide bonds. The maximum atomic E-state index is 12.3. The van der Waals surface area contributed by atoms with Crippen molar-refractivity contribution in [1.82, 2.24) is 10.0 Å². The first kappa shape index (κ1) is 18.6. The van der Waals surface area contributed by atoms with Crippen LogP contribution in [0.5, 0.6) is 0 Å². The minimum atomic E-state index is -3.39.